The molecule has 21 heavy (non-hydrogen) atoms. The van der Waals surface area contributed by atoms with Crippen LogP contribution in [0.4, 0.5) is 0 Å². The Labute approximate surface area is 125 Å². The normalized spacial score (nSPS) is 18.2. The third-order valence-corrected chi connectivity index (χ3v) is 4.16. The quantitative estimate of drug-likeness (QED) is 0.840. The molecule has 0 bridgehead atoms. The Balaban J connectivity index is 2.03. The zero-order valence-electron chi connectivity index (χ0n) is 12.3. The van der Waals surface area contributed by atoms with Crippen LogP contribution in [0, 0.1) is 0 Å². The van der Waals surface area contributed by atoms with E-state index in [-0.39, 0.29) is 11.7 Å². The van der Waals surface area contributed by atoms with Gasteiger partial charge in [0.1, 0.15) is 5.75 Å². The first-order chi connectivity index (χ1) is 10.2. The summed E-state index contributed by atoms with van der Waals surface area (Å²) in [5.74, 6) is 1.23. The average Bonchev–Trinajstić information content (AvgIpc) is 2.84. The lowest BCUT2D eigenvalue weighted by molar-refractivity contribution is -0.115. The van der Waals surface area contributed by atoms with Crippen molar-refractivity contribution < 1.29 is 9.53 Å². The number of carbonyl (C=O) groups excluding carboxylic acids is 1. The number of ether oxygens (including phenoxy) is 1. The summed E-state index contributed by atoms with van der Waals surface area (Å²) in [5.41, 5.74) is 4.36. The van der Waals surface area contributed by atoms with Crippen molar-refractivity contribution in [3.8, 4) is 5.75 Å². The van der Waals surface area contributed by atoms with Gasteiger partial charge < -0.3 is 4.74 Å². The molecule has 0 radical (unpaired) electrons. The number of benzene rings is 2. The summed E-state index contributed by atoms with van der Waals surface area (Å²) in [4.78, 5) is 12.2. The van der Waals surface area contributed by atoms with Crippen molar-refractivity contribution >= 4 is 11.4 Å². The summed E-state index contributed by atoms with van der Waals surface area (Å²) in [6.07, 6.45) is 0.558. The highest BCUT2D eigenvalue weighted by Gasteiger charge is 2.31. The number of rotatable bonds is 3. The van der Waals surface area contributed by atoms with E-state index < -0.39 is 0 Å². The second-order valence-corrected chi connectivity index (χ2v) is 5.36. The number of Topliss-reactive ketones (excluding diaryl/α,β-unsaturated/α-hetero) is 1. The zero-order chi connectivity index (χ0) is 14.8. The minimum absolute atomic E-state index is 0.144. The van der Waals surface area contributed by atoms with E-state index in [0.29, 0.717) is 6.42 Å². The van der Waals surface area contributed by atoms with Crippen molar-refractivity contribution in [1.82, 2.24) is 0 Å². The van der Waals surface area contributed by atoms with Crippen LogP contribution in [0.1, 0.15) is 30.4 Å². The first-order valence-electron chi connectivity index (χ1n) is 7.14. The van der Waals surface area contributed by atoms with Crippen LogP contribution in [-0.4, -0.2) is 12.9 Å². The van der Waals surface area contributed by atoms with Crippen LogP contribution in [0.5, 0.6) is 5.75 Å². The molecule has 2 aromatic rings. The Morgan fingerprint density at radius 1 is 1.00 bits per heavy atom. The predicted molar refractivity (Wildman–Crippen MR) is 84.4 cm³/mol. The Morgan fingerprint density at radius 2 is 1.67 bits per heavy atom. The lowest BCUT2D eigenvalue weighted by Gasteiger charge is -2.16. The Kier molecular flexibility index (Phi) is 3.61. The Bertz CT molecular complexity index is 681. The molecule has 0 spiro atoms. The lowest BCUT2D eigenvalue weighted by Crippen LogP contribution is -1.99. The van der Waals surface area contributed by atoms with Crippen LogP contribution in [0.3, 0.4) is 0 Å². The molecule has 0 aliphatic heterocycles. The van der Waals surface area contributed by atoms with Crippen LogP contribution >= 0.6 is 0 Å². The molecular weight excluding hydrogens is 260 g/mol. The van der Waals surface area contributed by atoms with Gasteiger partial charge in [-0.3, -0.25) is 4.79 Å². The highest BCUT2D eigenvalue weighted by Crippen LogP contribution is 2.43. The second kappa shape index (κ2) is 5.57. The summed E-state index contributed by atoms with van der Waals surface area (Å²) in [6.45, 7) is 1.94. The van der Waals surface area contributed by atoms with Gasteiger partial charge in [-0.05, 0) is 41.3 Å². The summed E-state index contributed by atoms with van der Waals surface area (Å²) >= 11 is 0. The summed E-state index contributed by atoms with van der Waals surface area (Å²) < 4.78 is 5.21. The van der Waals surface area contributed by atoms with Crippen LogP contribution < -0.4 is 4.74 Å². The molecular formula is C19H18O2. The summed E-state index contributed by atoms with van der Waals surface area (Å²) in [6, 6.07) is 18.2. The van der Waals surface area contributed by atoms with Crippen molar-refractivity contribution in [2.24, 2.45) is 0 Å². The first-order valence-corrected chi connectivity index (χ1v) is 7.14. The largest absolute Gasteiger partial charge is 0.497 e. The molecule has 1 aliphatic carbocycles. The van der Waals surface area contributed by atoms with E-state index >= 15 is 0 Å². The second-order valence-electron chi connectivity index (χ2n) is 5.36. The third-order valence-electron chi connectivity index (χ3n) is 4.16. The van der Waals surface area contributed by atoms with Crippen molar-refractivity contribution in [3.05, 3.63) is 71.3 Å². The monoisotopic (exact) mass is 278 g/mol. The molecule has 2 heteroatoms. The van der Waals surface area contributed by atoms with Crippen molar-refractivity contribution in [2.45, 2.75) is 19.3 Å². The van der Waals surface area contributed by atoms with E-state index in [4.69, 9.17) is 4.74 Å². The Hall–Kier alpha value is -2.35. The maximum atomic E-state index is 12.2. The molecule has 3 rings (SSSR count). The zero-order valence-corrected chi connectivity index (χ0v) is 12.3. The smallest absolute Gasteiger partial charge is 0.159 e. The van der Waals surface area contributed by atoms with Gasteiger partial charge >= 0.3 is 0 Å². The van der Waals surface area contributed by atoms with E-state index in [2.05, 4.69) is 24.3 Å². The number of allylic oxidation sites excluding steroid dienone is 2. The van der Waals surface area contributed by atoms with Gasteiger partial charge in [0.25, 0.3) is 0 Å². The van der Waals surface area contributed by atoms with Crippen LogP contribution in [0.15, 0.2) is 60.2 Å². The van der Waals surface area contributed by atoms with Gasteiger partial charge in [0, 0.05) is 12.3 Å². The van der Waals surface area contributed by atoms with Crippen molar-refractivity contribution in [2.75, 3.05) is 7.11 Å². The molecule has 0 N–H and O–H groups in total. The van der Waals surface area contributed by atoms with Crippen LogP contribution in [0.2, 0.25) is 0 Å². The van der Waals surface area contributed by atoms with E-state index in [1.807, 2.05) is 37.3 Å². The molecule has 106 valence electrons. The van der Waals surface area contributed by atoms with Crippen molar-refractivity contribution in [3.63, 3.8) is 0 Å². The maximum absolute atomic E-state index is 12.2. The van der Waals surface area contributed by atoms with Crippen LogP contribution in [0.25, 0.3) is 5.57 Å². The lowest BCUT2D eigenvalue weighted by atomic mass is 9.88. The number of ketones is 1. The van der Waals surface area contributed by atoms with Gasteiger partial charge in [-0.2, -0.15) is 0 Å². The van der Waals surface area contributed by atoms with Gasteiger partial charge in [0.2, 0.25) is 0 Å². The maximum Gasteiger partial charge on any atom is 0.159 e. The fourth-order valence-electron chi connectivity index (χ4n) is 3.01. The van der Waals surface area contributed by atoms with Crippen molar-refractivity contribution in [1.29, 1.82) is 0 Å². The molecule has 1 unspecified atom stereocenters. The third kappa shape index (κ3) is 2.49. The number of hydrogen-bond acceptors (Lipinski definition) is 2. The summed E-state index contributed by atoms with van der Waals surface area (Å²) in [7, 11) is 1.66. The minimum Gasteiger partial charge on any atom is -0.497 e. The van der Waals surface area contributed by atoms with Gasteiger partial charge in [0.05, 0.1) is 7.11 Å². The summed E-state index contributed by atoms with van der Waals surface area (Å²) in [5, 5.41) is 0. The average molecular weight is 278 g/mol. The molecule has 1 aliphatic rings. The molecule has 0 saturated heterocycles. The van der Waals surface area contributed by atoms with E-state index in [1.165, 1.54) is 5.56 Å². The SMILES string of the molecule is COc1ccc(C2CC(=O)C(C)=C2c2ccccc2)cc1. The molecule has 0 amide bonds. The topological polar surface area (TPSA) is 26.3 Å². The molecule has 0 saturated carbocycles. The van der Waals surface area contributed by atoms with Gasteiger partial charge in [0.15, 0.2) is 5.78 Å². The van der Waals surface area contributed by atoms with Gasteiger partial charge in [-0.1, -0.05) is 42.5 Å². The predicted octanol–water partition coefficient (Wildman–Crippen LogP) is 4.23. The van der Waals surface area contributed by atoms with E-state index in [1.54, 1.807) is 7.11 Å². The molecule has 0 aromatic heterocycles. The van der Waals surface area contributed by atoms with E-state index in [9.17, 15) is 4.79 Å². The molecule has 1 atom stereocenters. The molecule has 0 fully saturated rings. The number of hydrogen-bond donors (Lipinski definition) is 0. The highest BCUT2D eigenvalue weighted by atomic mass is 16.5. The minimum atomic E-state index is 0.144. The fourth-order valence-corrected chi connectivity index (χ4v) is 3.01. The van der Waals surface area contributed by atoms with E-state index in [0.717, 1.165) is 22.5 Å². The van der Waals surface area contributed by atoms with Gasteiger partial charge in [-0.15, -0.1) is 0 Å². The number of methoxy groups -OCH3 is 1. The molecule has 2 aromatic carbocycles. The molecule has 0 heterocycles. The first kappa shape index (κ1) is 13.6. The Morgan fingerprint density at radius 3 is 2.29 bits per heavy atom. The number of carbonyl (C=O) groups is 1. The molecule has 2 nitrogen and oxygen atoms in total. The van der Waals surface area contributed by atoms with Gasteiger partial charge in [-0.25, -0.2) is 0 Å². The standard InChI is InChI=1S/C19H18O2/c1-13-18(20)12-17(14-8-10-16(21-2)11-9-14)19(13)15-6-4-3-5-7-15/h3-11,17H,12H2,1-2H3. The highest BCUT2D eigenvalue weighted by molar-refractivity contribution is 6.08. The van der Waals surface area contributed by atoms with Crippen LogP contribution in [-0.2, 0) is 4.79 Å². The fraction of sp³-hybridized carbons (Fsp3) is 0.211.